The van der Waals surface area contributed by atoms with Crippen LogP contribution in [0.25, 0.3) is 75.1 Å². The molecule has 10 aromatic rings. The number of fused-ring (bicyclic) bond motifs is 2. The quantitative estimate of drug-likeness (QED) is 0.0282. The summed E-state index contributed by atoms with van der Waals surface area (Å²) in [6.45, 7) is 10.5. The summed E-state index contributed by atoms with van der Waals surface area (Å²) in [6, 6.07) is 40.1. The molecular formula is C82H74F6N2O4S2. The molecule has 4 amide bonds. The Morgan fingerprint density at radius 1 is 0.458 bits per heavy atom. The lowest BCUT2D eigenvalue weighted by atomic mass is 9.42. The number of unbranched alkanes of at least 4 members (excludes halogenated alkanes) is 6. The summed E-state index contributed by atoms with van der Waals surface area (Å²) in [5.74, 6) is -16.5. The number of carbonyl (C=O) groups is 4. The minimum Gasteiger partial charge on any atom is -0.271 e. The molecule has 6 nitrogen and oxygen atoms in total. The Hall–Kier alpha value is -7.94. The standard InChI is InChI=1S/C82H74F6N2O4S2/c1-7-9-11-16-20-54(21-17-12-10-8-2)89-74(91)60-34-30-56-58-32-36-62-69-63(37-33-59(67(58)69)57-31-35-61(75(89)92)68(60)66(56)57)77(94)90(76(62)93)55-28-26-53(27-29-55)79-41-48-38-49(42-79)40-78(39-48,43-79)52-24-22-51(23-25-52)73-45(4)65(47(6)96-73)71-70(80(83,84)82(87,88)81(71,85)86)64-44(3)72(95-46(64)5)50-18-14-13-15-19-50/h13-15,18-19,22-37,48-49,54H,7-12,16-17,20-21,38-43H2,1-6H3/t48-,49+,78?,79?. The summed E-state index contributed by atoms with van der Waals surface area (Å²) in [6.07, 6.45) is 16.1. The first-order valence-electron chi connectivity index (χ1n) is 34.4. The number of hydrogen-bond acceptors (Lipinski definition) is 6. The predicted molar refractivity (Wildman–Crippen MR) is 375 cm³/mol. The van der Waals surface area contributed by atoms with Crippen molar-refractivity contribution < 1.29 is 45.5 Å². The van der Waals surface area contributed by atoms with Gasteiger partial charge >= 0.3 is 17.8 Å². The zero-order valence-corrected chi connectivity index (χ0v) is 56.4. The normalized spacial score (nSPS) is 22.3. The van der Waals surface area contributed by atoms with Gasteiger partial charge in [-0.1, -0.05) is 156 Å². The molecule has 0 saturated heterocycles. The van der Waals surface area contributed by atoms with E-state index in [4.69, 9.17) is 0 Å². The molecule has 17 rings (SSSR count). The zero-order chi connectivity index (χ0) is 66.9. The van der Waals surface area contributed by atoms with Crippen LogP contribution in [0.2, 0.25) is 0 Å². The van der Waals surface area contributed by atoms with Crippen molar-refractivity contribution in [3.63, 3.8) is 0 Å². The van der Waals surface area contributed by atoms with E-state index in [0.29, 0.717) is 71.4 Å². The second kappa shape index (κ2) is 22.6. The van der Waals surface area contributed by atoms with Crippen molar-refractivity contribution in [3.8, 4) is 20.9 Å². The Kier molecular flexibility index (Phi) is 14.8. The number of aryl methyl sites for hydroxylation is 2. The topological polar surface area (TPSA) is 74.8 Å². The summed E-state index contributed by atoms with van der Waals surface area (Å²) in [7, 11) is 0. The summed E-state index contributed by atoms with van der Waals surface area (Å²) in [4.78, 5) is 64.0. The number of benzene rings is 8. The van der Waals surface area contributed by atoms with E-state index < -0.39 is 40.7 Å². The minimum atomic E-state index is -5.69. The van der Waals surface area contributed by atoms with Gasteiger partial charge in [0, 0.05) is 80.8 Å². The maximum atomic E-state index is 16.5. The van der Waals surface area contributed by atoms with Crippen molar-refractivity contribution in [3.05, 3.63) is 193 Å². The van der Waals surface area contributed by atoms with Crippen LogP contribution in [-0.2, 0) is 10.8 Å². The number of allylic oxidation sites excluding steroid dienone is 2. The number of alkyl halides is 6. The number of carbonyl (C=O) groups excluding carboxylic acids is 4. The average Bonchev–Trinajstić information content (AvgIpc) is 1.20. The van der Waals surface area contributed by atoms with E-state index in [1.54, 1.807) is 56.0 Å². The third-order valence-corrected chi connectivity index (χ3v) is 25.7. The van der Waals surface area contributed by atoms with Crippen LogP contribution in [0.1, 0.15) is 201 Å². The first-order valence-corrected chi connectivity index (χ1v) is 36.0. The Balaban J connectivity index is 0.684. The number of imide groups is 2. The molecule has 4 atom stereocenters. The van der Waals surface area contributed by atoms with Crippen LogP contribution in [0.5, 0.6) is 0 Å². The Labute approximate surface area is 562 Å². The van der Waals surface area contributed by atoms with E-state index in [-0.39, 0.29) is 60.7 Å². The van der Waals surface area contributed by atoms with Crippen molar-refractivity contribution in [2.75, 3.05) is 4.90 Å². The van der Waals surface area contributed by atoms with E-state index in [2.05, 4.69) is 38.1 Å². The van der Waals surface area contributed by atoms with Gasteiger partial charge in [0.2, 0.25) is 0 Å². The highest BCUT2D eigenvalue weighted by molar-refractivity contribution is 7.16. The van der Waals surface area contributed by atoms with Crippen LogP contribution in [0.15, 0.2) is 127 Å². The molecule has 5 aliphatic carbocycles. The molecule has 8 aromatic carbocycles. The molecule has 490 valence electrons. The highest BCUT2D eigenvalue weighted by Crippen LogP contribution is 2.69. The lowest BCUT2D eigenvalue weighted by Gasteiger charge is -2.63. The van der Waals surface area contributed by atoms with Gasteiger partial charge in [0.1, 0.15) is 0 Å². The zero-order valence-electron chi connectivity index (χ0n) is 54.8. The summed E-state index contributed by atoms with van der Waals surface area (Å²) >= 11 is 2.28. The summed E-state index contributed by atoms with van der Waals surface area (Å²) in [5, 5.41) is 6.26. The van der Waals surface area contributed by atoms with Crippen LogP contribution in [0.4, 0.5) is 32.0 Å². The maximum absolute atomic E-state index is 16.5. The number of anilines is 1. The number of hydrogen-bond donors (Lipinski definition) is 0. The molecule has 4 saturated carbocycles. The van der Waals surface area contributed by atoms with E-state index in [1.165, 1.54) is 11.8 Å². The molecule has 7 aliphatic rings. The summed E-state index contributed by atoms with van der Waals surface area (Å²) in [5.41, 5.74) is 3.03. The van der Waals surface area contributed by atoms with E-state index in [9.17, 15) is 9.59 Å². The molecule has 0 radical (unpaired) electrons. The fraction of sp³-hybridized carbons (Fsp3) is 0.366. The molecule has 0 spiro atoms. The molecule has 4 bridgehead atoms. The molecule has 2 unspecified atom stereocenters. The molecule has 0 N–H and O–H groups in total. The molecule has 2 aliphatic heterocycles. The van der Waals surface area contributed by atoms with Crippen molar-refractivity contribution in [1.82, 2.24) is 4.90 Å². The summed E-state index contributed by atoms with van der Waals surface area (Å²) < 4.78 is 97.7. The lowest BCUT2D eigenvalue weighted by Crippen LogP contribution is -2.55. The van der Waals surface area contributed by atoms with E-state index in [1.807, 2.05) is 72.8 Å². The van der Waals surface area contributed by atoms with Crippen LogP contribution in [-0.4, -0.2) is 52.3 Å². The smallest absolute Gasteiger partial charge is 0.271 e. The number of thiophene rings is 2. The van der Waals surface area contributed by atoms with E-state index >= 15 is 35.9 Å². The minimum absolute atomic E-state index is 0.180. The van der Waals surface area contributed by atoms with Gasteiger partial charge in [-0.05, 0) is 204 Å². The third kappa shape index (κ3) is 8.93. The predicted octanol–water partition coefficient (Wildman–Crippen LogP) is 22.8. The molecule has 4 heterocycles. The van der Waals surface area contributed by atoms with Gasteiger partial charge in [-0.15, -0.1) is 22.7 Å². The van der Waals surface area contributed by atoms with Crippen LogP contribution >= 0.6 is 22.7 Å². The number of rotatable bonds is 18. The van der Waals surface area contributed by atoms with Crippen LogP contribution in [0, 0.1) is 39.5 Å². The lowest BCUT2D eigenvalue weighted by molar-refractivity contribution is -0.254. The van der Waals surface area contributed by atoms with E-state index in [0.717, 1.165) is 169 Å². The van der Waals surface area contributed by atoms with Crippen molar-refractivity contribution >= 4 is 106 Å². The molecule has 96 heavy (non-hydrogen) atoms. The first kappa shape index (κ1) is 62.8. The average molecular weight is 1330 g/mol. The van der Waals surface area contributed by atoms with Gasteiger partial charge in [0.05, 0.1) is 5.69 Å². The monoisotopic (exact) mass is 1330 g/mol. The fourth-order valence-electron chi connectivity index (χ4n) is 19.3. The first-order chi connectivity index (χ1) is 46.1. The van der Waals surface area contributed by atoms with Gasteiger partial charge in [-0.2, -0.15) is 26.3 Å². The Morgan fingerprint density at radius 2 is 0.854 bits per heavy atom. The van der Waals surface area contributed by atoms with Crippen molar-refractivity contribution in [2.45, 2.75) is 179 Å². The van der Waals surface area contributed by atoms with Crippen LogP contribution < -0.4 is 4.90 Å². The number of amides is 4. The SMILES string of the molecule is CCCCCCC(CCCCCC)N1C(=O)c2ccc3c4ccc5c6c(ccc(c7ccc(c2c37)C1=O)c64)C(=O)N(c1ccc(C23C[C@@H]4C[C@@H](CC(c6ccc(-c7sc(C)c(C8=C(c9c(C)sc(-c%10ccccc%10)c9C)C(F)(F)C(F)(F)C8(F)F)c7C)cc6)(C4)C2)C3)cc1)C5=O. The van der Waals surface area contributed by atoms with Gasteiger partial charge in [-0.3, -0.25) is 24.1 Å². The molecule has 2 aromatic heterocycles. The number of halogens is 6. The second-order valence-corrected chi connectivity index (χ2v) is 31.3. The number of nitrogens with zero attached hydrogens (tertiary/aromatic N) is 2. The fourth-order valence-corrected chi connectivity index (χ4v) is 21.7. The Bertz CT molecular complexity index is 4820. The van der Waals surface area contributed by atoms with Gasteiger partial charge in [0.25, 0.3) is 23.6 Å². The van der Waals surface area contributed by atoms with Gasteiger partial charge in [0.15, 0.2) is 0 Å². The molecule has 14 heteroatoms. The van der Waals surface area contributed by atoms with Gasteiger partial charge in [-0.25, -0.2) is 4.90 Å². The highest BCUT2D eigenvalue weighted by atomic mass is 32.1. The van der Waals surface area contributed by atoms with Crippen molar-refractivity contribution in [1.29, 1.82) is 0 Å². The second-order valence-electron chi connectivity index (χ2n) is 28.9. The third-order valence-electron chi connectivity index (χ3n) is 23.2. The van der Waals surface area contributed by atoms with Crippen molar-refractivity contribution in [2.24, 2.45) is 11.8 Å². The Morgan fingerprint density at radius 3 is 1.27 bits per heavy atom. The maximum Gasteiger partial charge on any atom is 0.380 e. The highest BCUT2D eigenvalue weighted by Gasteiger charge is 2.81. The van der Waals surface area contributed by atoms with Crippen LogP contribution in [0.3, 0.4) is 0 Å². The van der Waals surface area contributed by atoms with Gasteiger partial charge < -0.3 is 0 Å². The molecular weight excluding hydrogens is 1260 g/mol. The largest absolute Gasteiger partial charge is 0.380 e. The molecule has 4 fully saturated rings.